The lowest BCUT2D eigenvalue weighted by molar-refractivity contribution is 0.0988. The molecule has 106 valence electrons. The van der Waals surface area contributed by atoms with Gasteiger partial charge in [0.15, 0.2) is 5.78 Å². The summed E-state index contributed by atoms with van der Waals surface area (Å²) in [7, 11) is 0. The first kappa shape index (κ1) is 14.4. The van der Waals surface area contributed by atoms with Gasteiger partial charge in [-0.3, -0.25) is 4.79 Å². The van der Waals surface area contributed by atoms with Gasteiger partial charge in [-0.2, -0.15) is 5.10 Å². The first-order valence-electron chi connectivity index (χ1n) is 6.63. The van der Waals surface area contributed by atoms with Crippen molar-refractivity contribution in [3.05, 3.63) is 47.3 Å². The number of benzene rings is 1. The second-order valence-corrected chi connectivity index (χ2v) is 5.31. The summed E-state index contributed by atoms with van der Waals surface area (Å²) in [6, 6.07) is 4.25. The number of nitrogens with zero attached hydrogens (tertiary/aromatic N) is 3. The van der Waals surface area contributed by atoms with Crippen LogP contribution in [0.15, 0.2) is 24.5 Å². The zero-order valence-electron chi connectivity index (χ0n) is 11.9. The van der Waals surface area contributed by atoms with Crippen LogP contribution in [0, 0.1) is 18.7 Å². The first-order chi connectivity index (χ1) is 9.47. The van der Waals surface area contributed by atoms with E-state index in [2.05, 4.69) is 23.9 Å². The molecule has 2 rings (SSSR count). The molecule has 0 saturated carbocycles. The molecule has 0 bridgehead atoms. The summed E-state index contributed by atoms with van der Waals surface area (Å²) in [5, 5.41) is 4.12. The highest BCUT2D eigenvalue weighted by molar-refractivity contribution is 5.98. The SMILES string of the molecule is Cc1ccc(F)cc1C(=O)Cc1ncnn1CC(C)C. The van der Waals surface area contributed by atoms with E-state index in [0.29, 0.717) is 23.9 Å². The molecule has 20 heavy (non-hydrogen) atoms. The monoisotopic (exact) mass is 275 g/mol. The second kappa shape index (κ2) is 5.94. The van der Waals surface area contributed by atoms with E-state index in [9.17, 15) is 9.18 Å². The molecule has 2 aromatic rings. The summed E-state index contributed by atoms with van der Waals surface area (Å²) in [6.07, 6.45) is 1.58. The number of rotatable bonds is 5. The lowest BCUT2D eigenvalue weighted by Gasteiger charge is -2.09. The second-order valence-electron chi connectivity index (χ2n) is 5.31. The van der Waals surface area contributed by atoms with E-state index in [-0.39, 0.29) is 12.2 Å². The third-order valence-electron chi connectivity index (χ3n) is 3.05. The highest BCUT2D eigenvalue weighted by Crippen LogP contribution is 2.13. The molecular weight excluding hydrogens is 257 g/mol. The molecule has 1 heterocycles. The average molecular weight is 275 g/mol. The Bertz CT molecular complexity index is 619. The van der Waals surface area contributed by atoms with Crippen molar-refractivity contribution < 1.29 is 9.18 Å². The zero-order valence-corrected chi connectivity index (χ0v) is 11.9. The van der Waals surface area contributed by atoms with Crippen LogP contribution in [0.2, 0.25) is 0 Å². The molecule has 0 spiro atoms. The van der Waals surface area contributed by atoms with Crippen LogP contribution in [0.5, 0.6) is 0 Å². The van der Waals surface area contributed by atoms with Crippen LogP contribution in [0.4, 0.5) is 4.39 Å². The predicted octanol–water partition coefficient (Wildman–Crippen LogP) is 2.81. The maximum atomic E-state index is 13.3. The van der Waals surface area contributed by atoms with Crippen LogP contribution < -0.4 is 0 Å². The summed E-state index contributed by atoms with van der Waals surface area (Å²) >= 11 is 0. The Labute approximate surface area is 117 Å². The van der Waals surface area contributed by atoms with Crippen LogP contribution in [0.3, 0.4) is 0 Å². The van der Waals surface area contributed by atoms with E-state index in [1.54, 1.807) is 17.7 Å². The minimum absolute atomic E-state index is 0.136. The van der Waals surface area contributed by atoms with E-state index < -0.39 is 5.82 Å². The van der Waals surface area contributed by atoms with Gasteiger partial charge in [-0.05, 0) is 30.5 Å². The molecule has 0 N–H and O–H groups in total. The quantitative estimate of drug-likeness (QED) is 0.788. The Hall–Kier alpha value is -2.04. The molecule has 1 aromatic carbocycles. The minimum atomic E-state index is -0.400. The van der Waals surface area contributed by atoms with Gasteiger partial charge >= 0.3 is 0 Å². The Kier molecular flexibility index (Phi) is 4.27. The molecule has 0 saturated heterocycles. The molecule has 0 fully saturated rings. The molecule has 0 aliphatic heterocycles. The normalized spacial score (nSPS) is 11.1. The third-order valence-corrected chi connectivity index (χ3v) is 3.05. The number of carbonyl (C=O) groups is 1. The van der Waals surface area contributed by atoms with Crippen molar-refractivity contribution in [1.29, 1.82) is 0 Å². The number of ketones is 1. The fraction of sp³-hybridized carbons (Fsp3) is 0.400. The number of aryl methyl sites for hydroxylation is 1. The largest absolute Gasteiger partial charge is 0.294 e. The van der Waals surface area contributed by atoms with E-state index >= 15 is 0 Å². The molecule has 0 unspecified atom stereocenters. The summed E-state index contributed by atoms with van der Waals surface area (Å²) in [5.41, 5.74) is 1.18. The van der Waals surface area contributed by atoms with Crippen molar-refractivity contribution in [2.24, 2.45) is 5.92 Å². The molecular formula is C15H18FN3O. The molecule has 0 amide bonds. The summed E-state index contributed by atoms with van der Waals surface area (Å²) in [4.78, 5) is 16.4. The molecule has 0 aliphatic rings. The van der Waals surface area contributed by atoms with Crippen molar-refractivity contribution in [3.63, 3.8) is 0 Å². The average Bonchev–Trinajstić information content (AvgIpc) is 2.78. The van der Waals surface area contributed by atoms with Crippen LogP contribution in [-0.2, 0) is 13.0 Å². The van der Waals surface area contributed by atoms with Crippen molar-refractivity contribution in [2.45, 2.75) is 33.7 Å². The molecule has 0 atom stereocenters. The van der Waals surface area contributed by atoms with Gasteiger partial charge in [0.1, 0.15) is 18.0 Å². The van der Waals surface area contributed by atoms with Crippen molar-refractivity contribution in [1.82, 2.24) is 14.8 Å². The van der Waals surface area contributed by atoms with Crippen molar-refractivity contribution >= 4 is 5.78 Å². The van der Waals surface area contributed by atoms with Gasteiger partial charge in [-0.1, -0.05) is 19.9 Å². The highest BCUT2D eigenvalue weighted by Gasteiger charge is 2.15. The van der Waals surface area contributed by atoms with Gasteiger partial charge in [0.05, 0.1) is 6.42 Å². The topological polar surface area (TPSA) is 47.8 Å². The summed E-state index contributed by atoms with van der Waals surface area (Å²) in [5.74, 6) is 0.497. The molecule has 5 heteroatoms. The Morgan fingerprint density at radius 1 is 1.40 bits per heavy atom. The fourth-order valence-electron chi connectivity index (χ4n) is 2.06. The van der Waals surface area contributed by atoms with Crippen LogP contribution in [0.25, 0.3) is 0 Å². The molecule has 1 aromatic heterocycles. The number of halogens is 1. The third kappa shape index (κ3) is 3.29. The van der Waals surface area contributed by atoms with Crippen LogP contribution in [-0.4, -0.2) is 20.5 Å². The van der Waals surface area contributed by atoms with Gasteiger partial charge in [0.2, 0.25) is 0 Å². The minimum Gasteiger partial charge on any atom is -0.294 e. The lowest BCUT2D eigenvalue weighted by atomic mass is 10.0. The molecule has 4 nitrogen and oxygen atoms in total. The van der Waals surface area contributed by atoms with Gasteiger partial charge in [0.25, 0.3) is 0 Å². The number of hydrogen-bond donors (Lipinski definition) is 0. The molecule has 0 radical (unpaired) electrons. The maximum Gasteiger partial charge on any atom is 0.170 e. The fourth-order valence-corrected chi connectivity index (χ4v) is 2.06. The van der Waals surface area contributed by atoms with E-state index in [0.717, 1.165) is 5.56 Å². The highest BCUT2D eigenvalue weighted by atomic mass is 19.1. The Morgan fingerprint density at radius 2 is 2.15 bits per heavy atom. The smallest absolute Gasteiger partial charge is 0.170 e. The number of carbonyl (C=O) groups excluding carboxylic acids is 1. The lowest BCUT2D eigenvalue weighted by Crippen LogP contribution is -2.15. The van der Waals surface area contributed by atoms with E-state index in [1.165, 1.54) is 18.5 Å². The number of aromatic nitrogens is 3. The Morgan fingerprint density at radius 3 is 2.85 bits per heavy atom. The number of Topliss-reactive ketones (excluding diaryl/α,β-unsaturated/α-hetero) is 1. The first-order valence-corrected chi connectivity index (χ1v) is 6.63. The van der Waals surface area contributed by atoms with E-state index in [4.69, 9.17) is 0 Å². The summed E-state index contributed by atoms with van der Waals surface area (Å²) in [6.45, 7) is 6.66. The van der Waals surface area contributed by atoms with Gasteiger partial charge < -0.3 is 0 Å². The standard InChI is InChI=1S/C15H18FN3O/c1-10(2)8-19-15(17-9-18-19)7-14(20)13-6-12(16)5-4-11(13)3/h4-6,9-10H,7-8H2,1-3H3. The zero-order chi connectivity index (χ0) is 14.7. The van der Waals surface area contributed by atoms with Gasteiger partial charge in [0, 0.05) is 12.1 Å². The number of hydrogen-bond acceptors (Lipinski definition) is 3. The van der Waals surface area contributed by atoms with Gasteiger partial charge in [-0.15, -0.1) is 0 Å². The van der Waals surface area contributed by atoms with Crippen molar-refractivity contribution in [3.8, 4) is 0 Å². The predicted molar refractivity (Wildman–Crippen MR) is 74.0 cm³/mol. The van der Waals surface area contributed by atoms with Crippen LogP contribution in [0.1, 0.15) is 35.6 Å². The Balaban J connectivity index is 2.20. The summed E-state index contributed by atoms with van der Waals surface area (Å²) < 4.78 is 15.0. The van der Waals surface area contributed by atoms with E-state index in [1.807, 2.05) is 0 Å². The molecule has 0 aliphatic carbocycles. The van der Waals surface area contributed by atoms with Crippen molar-refractivity contribution in [2.75, 3.05) is 0 Å². The maximum absolute atomic E-state index is 13.3. The van der Waals surface area contributed by atoms with Gasteiger partial charge in [-0.25, -0.2) is 14.1 Å². The van der Waals surface area contributed by atoms with Crippen LogP contribution >= 0.6 is 0 Å².